The number of phenolic OH excluding ortho intramolecular Hbond substituents is 1. The van der Waals surface area contributed by atoms with Crippen LogP contribution in [0.2, 0.25) is 0 Å². The fourth-order valence-corrected chi connectivity index (χ4v) is 7.71. The number of hydrogen-bond acceptors (Lipinski definition) is 8. The first kappa shape index (κ1) is 40.8. The Kier molecular flexibility index (Phi) is 11.7. The minimum Gasteiger partial charge on any atom is -0.508 e. The molecule has 19 heteroatoms. The molecule has 0 bridgehead atoms. The second kappa shape index (κ2) is 16.3. The summed E-state index contributed by atoms with van der Waals surface area (Å²) in [4.78, 5) is 59.3. The molecule has 304 valence electrons. The lowest BCUT2D eigenvalue weighted by Gasteiger charge is -2.44. The van der Waals surface area contributed by atoms with Crippen molar-refractivity contribution >= 4 is 29.4 Å². The minimum absolute atomic E-state index is 0.0115. The number of hydrogen-bond donors (Lipinski definition) is 4. The maximum atomic E-state index is 14.5. The molecule has 0 atom stereocenters. The lowest BCUT2D eigenvalue weighted by molar-refractivity contribution is -0.926. The summed E-state index contributed by atoms with van der Waals surface area (Å²) in [5, 5.41) is 25.2. The number of alkyl halides is 3. The van der Waals surface area contributed by atoms with E-state index in [0.717, 1.165) is 35.2 Å². The number of anilines is 1. The standard InChI is InChI=1S/C38H43F4N9O6/c1-23-18-25(45-35(55)34-44-20-31(47(34)2)28-21-50(46-33(28)38(40,41)42)30-7-5-26(52)19-29(30)39)4-6-27(23)37(57)49-13-11-48(12-14-49)36(56)24-8-16-51(17-9-24,15-3-10-43)22-32(53)54/h4-7,18-21,24H,3,8-17,22,43H2,1-2H3,(H2-,45,52,53,54,55,57)/p+1. The van der Waals surface area contributed by atoms with Gasteiger partial charge in [0.1, 0.15) is 11.4 Å². The van der Waals surface area contributed by atoms with Gasteiger partial charge < -0.3 is 40.1 Å². The molecular weight excluding hydrogens is 754 g/mol. The van der Waals surface area contributed by atoms with Crippen LogP contribution in [0, 0.1) is 18.7 Å². The SMILES string of the molecule is Cc1cc(NC(=O)c2ncc(-c3cn(-c4ccc(O)cc4F)nc3C(F)(F)F)n2C)ccc1C(=O)N1CCN(C(=O)C2CC[N+](CCCN)(CC(=O)O)CC2)CC1. The molecule has 0 unspecified atom stereocenters. The van der Waals surface area contributed by atoms with Crippen molar-refractivity contribution in [3.05, 3.63) is 77.3 Å². The highest BCUT2D eigenvalue weighted by Gasteiger charge is 2.41. The van der Waals surface area contributed by atoms with Crippen molar-refractivity contribution in [3.8, 4) is 22.7 Å². The van der Waals surface area contributed by atoms with Crippen LogP contribution in [0.3, 0.4) is 0 Å². The van der Waals surface area contributed by atoms with Gasteiger partial charge in [0, 0.05) is 81.9 Å². The third-order valence-corrected chi connectivity index (χ3v) is 10.8. The second-order valence-corrected chi connectivity index (χ2v) is 14.6. The molecule has 0 radical (unpaired) electrons. The summed E-state index contributed by atoms with van der Waals surface area (Å²) in [5.41, 5.74) is 4.69. The number of carbonyl (C=O) groups is 4. The lowest BCUT2D eigenvalue weighted by atomic mass is 9.92. The first-order chi connectivity index (χ1) is 27.0. The number of carbonyl (C=O) groups excluding carboxylic acids is 3. The van der Waals surface area contributed by atoms with Gasteiger partial charge in [-0.25, -0.2) is 18.9 Å². The monoisotopic (exact) mass is 798 g/mol. The Morgan fingerprint density at radius 2 is 1.70 bits per heavy atom. The molecule has 2 aromatic heterocycles. The average molecular weight is 799 g/mol. The average Bonchev–Trinajstić information content (AvgIpc) is 3.78. The smallest absolute Gasteiger partial charge is 0.435 e. The van der Waals surface area contributed by atoms with Crippen molar-refractivity contribution in [2.24, 2.45) is 18.7 Å². The molecule has 6 rings (SSSR count). The Morgan fingerprint density at radius 3 is 2.32 bits per heavy atom. The number of quaternary nitrogens is 1. The van der Waals surface area contributed by atoms with Gasteiger partial charge in [0.2, 0.25) is 5.91 Å². The van der Waals surface area contributed by atoms with E-state index in [0.29, 0.717) is 97.6 Å². The van der Waals surface area contributed by atoms with Crippen LogP contribution in [0.5, 0.6) is 5.75 Å². The van der Waals surface area contributed by atoms with E-state index in [-0.39, 0.29) is 41.5 Å². The van der Waals surface area contributed by atoms with Crippen molar-refractivity contribution in [2.45, 2.75) is 32.4 Å². The molecule has 4 aromatic rings. The van der Waals surface area contributed by atoms with Crippen molar-refractivity contribution in [1.29, 1.82) is 0 Å². The number of aromatic nitrogens is 4. The van der Waals surface area contributed by atoms with E-state index >= 15 is 0 Å². The highest BCUT2D eigenvalue weighted by molar-refractivity contribution is 6.03. The zero-order chi connectivity index (χ0) is 41.2. The van der Waals surface area contributed by atoms with E-state index in [1.807, 2.05) is 0 Å². The van der Waals surface area contributed by atoms with Crippen LogP contribution in [-0.2, 0) is 22.8 Å². The van der Waals surface area contributed by atoms with Crippen LogP contribution in [-0.4, -0.2) is 126 Å². The minimum atomic E-state index is -4.94. The van der Waals surface area contributed by atoms with Crippen molar-refractivity contribution in [3.63, 3.8) is 0 Å². The van der Waals surface area contributed by atoms with Crippen LogP contribution < -0.4 is 11.1 Å². The fourth-order valence-electron chi connectivity index (χ4n) is 7.71. The molecule has 4 heterocycles. The van der Waals surface area contributed by atoms with Crippen LogP contribution in [0.1, 0.15) is 51.5 Å². The predicted octanol–water partition coefficient (Wildman–Crippen LogP) is 3.64. The molecule has 15 nitrogen and oxygen atoms in total. The summed E-state index contributed by atoms with van der Waals surface area (Å²) in [5.74, 6) is -3.68. The number of likely N-dealkylation sites (tertiary alicyclic amines) is 1. The predicted molar refractivity (Wildman–Crippen MR) is 198 cm³/mol. The number of piperidine rings is 1. The Labute approximate surface area is 324 Å². The number of carboxylic acids is 1. The summed E-state index contributed by atoms with van der Waals surface area (Å²) in [6.07, 6.45) is -1.01. The van der Waals surface area contributed by atoms with Crippen LogP contribution in [0.4, 0.5) is 23.2 Å². The van der Waals surface area contributed by atoms with E-state index < -0.39 is 40.9 Å². The molecule has 3 amide bonds. The zero-order valence-corrected chi connectivity index (χ0v) is 31.4. The van der Waals surface area contributed by atoms with Crippen LogP contribution in [0.15, 0.2) is 48.8 Å². The van der Waals surface area contributed by atoms with Crippen LogP contribution >= 0.6 is 0 Å². The molecule has 2 fully saturated rings. The van der Waals surface area contributed by atoms with Crippen LogP contribution in [0.25, 0.3) is 16.9 Å². The number of aromatic hydroxyl groups is 1. The molecular formula is C38H44F4N9O6+. The van der Waals surface area contributed by atoms with Crippen molar-refractivity contribution in [1.82, 2.24) is 29.1 Å². The number of halogens is 4. The summed E-state index contributed by atoms with van der Waals surface area (Å²) >= 11 is 0. The highest BCUT2D eigenvalue weighted by atomic mass is 19.4. The summed E-state index contributed by atoms with van der Waals surface area (Å²) < 4.78 is 59.0. The van der Waals surface area contributed by atoms with Crippen molar-refractivity contribution in [2.75, 3.05) is 64.2 Å². The fraction of sp³-hybridized carbons (Fsp3) is 0.421. The van der Waals surface area contributed by atoms with Gasteiger partial charge >= 0.3 is 12.1 Å². The number of carboxylic acid groups (broad SMARTS) is 1. The first-order valence-electron chi connectivity index (χ1n) is 18.4. The zero-order valence-electron chi connectivity index (χ0n) is 31.4. The van der Waals surface area contributed by atoms with Gasteiger partial charge in [-0.1, -0.05) is 0 Å². The van der Waals surface area contributed by atoms with Gasteiger partial charge in [-0.3, -0.25) is 14.4 Å². The molecule has 5 N–H and O–H groups in total. The van der Waals surface area contributed by atoms with Gasteiger partial charge in [-0.2, -0.15) is 18.3 Å². The number of aryl methyl sites for hydroxylation is 1. The van der Waals surface area contributed by atoms with Crippen molar-refractivity contribution < 1.29 is 51.4 Å². The summed E-state index contributed by atoms with van der Waals surface area (Å²) in [6.45, 7) is 5.43. The number of amides is 3. The largest absolute Gasteiger partial charge is 0.508 e. The van der Waals surface area contributed by atoms with E-state index in [1.165, 1.54) is 13.1 Å². The molecule has 57 heavy (non-hydrogen) atoms. The van der Waals surface area contributed by atoms with Gasteiger partial charge in [-0.15, -0.1) is 0 Å². The van der Waals surface area contributed by atoms with E-state index in [1.54, 1.807) is 28.9 Å². The summed E-state index contributed by atoms with van der Waals surface area (Å²) in [6, 6.07) is 7.61. The van der Waals surface area contributed by atoms with Gasteiger partial charge in [-0.05, 0) is 49.4 Å². The Morgan fingerprint density at radius 1 is 1.02 bits per heavy atom. The number of phenols is 1. The quantitative estimate of drug-likeness (QED) is 0.130. The maximum Gasteiger partial charge on any atom is 0.435 e. The molecule has 2 aliphatic rings. The third kappa shape index (κ3) is 8.78. The number of imidazole rings is 1. The Hall–Kier alpha value is -5.82. The normalized spacial score (nSPS) is 18.8. The molecule has 2 saturated heterocycles. The molecule has 0 saturated carbocycles. The molecule has 0 spiro atoms. The topological polar surface area (TPSA) is 189 Å². The number of nitrogens with zero attached hydrogens (tertiary/aromatic N) is 7. The van der Waals surface area contributed by atoms with Gasteiger partial charge in [0.05, 0.1) is 37.1 Å². The van der Waals surface area contributed by atoms with E-state index in [2.05, 4.69) is 15.4 Å². The number of benzene rings is 2. The molecule has 0 aliphatic carbocycles. The lowest BCUT2D eigenvalue weighted by Crippen LogP contribution is -2.58. The molecule has 2 aromatic carbocycles. The second-order valence-electron chi connectivity index (χ2n) is 14.6. The number of nitrogens with two attached hydrogens (primary N) is 1. The highest BCUT2D eigenvalue weighted by Crippen LogP contribution is 2.37. The number of rotatable bonds is 11. The number of piperazine rings is 1. The summed E-state index contributed by atoms with van der Waals surface area (Å²) in [7, 11) is 1.35. The maximum absolute atomic E-state index is 14.5. The Balaban J connectivity index is 1.07. The van der Waals surface area contributed by atoms with E-state index in [9.17, 15) is 47.0 Å². The third-order valence-electron chi connectivity index (χ3n) is 10.8. The Bertz CT molecular complexity index is 2170. The van der Waals surface area contributed by atoms with E-state index in [4.69, 9.17) is 5.73 Å². The molecule has 2 aliphatic heterocycles. The number of nitrogens with one attached hydrogen (secondary N) is 1. The van der Waals surface area contributed by atoms with Gasteiger partial charge in [0.25, 0.3) is 11.8 Å². The van der Waals surface area contributed by atoms with Gasteiger partial charge in [0.15, 0.2) is 23.9 Å². The first-order valence-corrected chi connectivity index (χ1v) is 18.4. The number of aliphatic carboxylic acids is 1.